The lowest BCUT2D eigenvalue weighted by Gasteiger charge is -2.66. The van der Waals surface area contributed by atoms with Crippen LogP contribution in [0.4, 0.5) is 0 Å². The van der Waals surface area contributed by atoms with E-state index in [4.69, 9.17) is 23.4 Å². The van der Waals surface area contributed by atoms with Crippen molar-refractivity contribution in [1.82, 2.24) is 0 Å². The van der Waals surface area contributed by atoms with E-state index in [1.54, 1.807) is 20.8 Å². The summed E-state index contributed by atoms with van der Waals surface area (Å²) in [5.41, 5.74) is -7.74. The molecule has 7 N–H and O–H groups in total. The first-order chi connectivity index (χ1) is 23.1. The molecule has 4 fully saturated rings. The van der Waals surface area contributed by atoms with Crippen molar-refractivity contribution in [2.75, 3.05) is 6.61 Å². The number of aliphatic carboxylic acids is 2. The van der Waals surface area contributed by atoms with Crippen LogP contribution in [0.2, 0.25) is 0 Å². The van der Waals surface area contributed by atoms with Crippen LogP contribution in [0.3, 0.4) is 0 Å². The van der Waals surface area contributed by atoms with Crippen molar-refractivity contribution in [1.29, 1.82) is 0 Å². The number of aliphatic hydroxyl groups is 5. The van der Waals surface area contributed by atoms with Crippen LogP contribution >= 0.6 is 0 Å². The second-order valence-corrected chi connectivity index (χ2v) is 15.4. The molecule has 16 nitrogen and oxygen atoms in total. The molecule has 280 valence electrons. The van der Waals surface area contributed by atoms with E-state index in [-0.39, 0.29) is 19.3 Å². The fraction of sp³-hybridized carbons (Fsp3) is 0.765. The van der Waals surface area contributed by atoms with E-state index in [0.29, 0.717) is 5.56 Å². The van der Waals surface area contributed by atoms with Crippen molar-refractivity contribution in [3.05, 3.63) is 24.2 Å². The molecule has 2 aliphatic heterocycles. The van der Waals surface area contributed by atoms with Gasteiger partial charge < -0.3 is 59.1 Å². The number of carbonyl (C=O) groups excluding carboxylic acids is 2. The first kappa shape index (κ1) is 38.3. The second kappa shape index (κ2) is 12.9. The summed E-state index contributed by atoms with van der Waals surface area (Å²) in [5.74, 6) is -5.77. The Hall–Kier alpha value is -2.96. The molecule has 2 saturated heterocycles. The number of hydrogen-bond donors (Lipinski definition) is 7. The van der Waals surface area contributed by atoms with Gasteiger partial charge >= 0.3 is 17.9 Å². The van der Waals surface area contributed by atoms with Crippen molar-refractivity contribution < 1.29 is 78.3 Å². The molecule has 1 spiro atoms. The maximum Gasteiger partial charge on any atom is 0.335 e. The summed E-state index contributed by atoms with van der Waals surface area (Å²) in [7, 11) is 0. The van der Waals surface area contributed by atoms with Gasteiger partial charge in [-0.05, 0) is 45.6 Å². The highest BCUT2D eigenvalue weighted by Gasteiger charge is 2.86. The average molecular weight is 713 g/mol. The Morgan fingerprint density at radius 3 is 2.24 bits per heavy atom. The highest BCUT2D eigenvalue weighted by molar-refractivity contribution is 5.92. The van der Waals surface area contributed by atoms with Crippen LogP contribution in [-0.2, 0) is 38.1 Å². The highest BCUT2D eigenvalue weighted by atomic mass is 16.7. The zero-order valence-corrected chi connectivity index (χ0v) is 28.8. The second-order valence-electron chi connectivity index (χ2n) is 15.4. The monoisotopic (exact) mass is 712 g/mol. The van der Waals surface area contributed by atoms with Crippen LogP contribution in [0.1, 0.15) is 78.9 Å². The van der Waals surface area contributed by atoms with E-state index in [0.717, 1.165) is 6.92 Å². The van der Waals surface area contributed by atoms with Crippen molar-refractivity contribution in [3.63, 3.8) is 0 Å². The number of hydrogen-bond acceptors (Lipinski definition) is 14. The number of furan rings is 1. The van der Waals surface area contributed by atoms with Gasteiger partial charge in [-0.15, -0.1) is 0 Å². The number of fused-ring (bicyclic) bond motifs is 2. The Kier molecular flexibility index (Phi) is 9.89. The summed E-state index contributed by atoms with van der Waals surface area (Å²) >= 11 is 0. The molecule has 1 aromatic rings. The largest absolute Gasteiger partial charge is 0.481 e. The quantitative estimate of drug-likeness (QED) is 0.122. The van der Waals surface area contributed by atoms with Crippen molar-refractivity contribution in [2.24, 2.45) is 28.1 Å². The van der Waals surface area contributed by atoms with E-state index in [1.165, 1.54) is 32.4 Å². The molecule has 0 aromatic carbocycles. The van der Waals surface area contributed by atoms with Crippen molar-refractivity contribution in [3.8, 4) is 0 Å². The van der Waals surface area contributed by atoms with Gasteiger partial charge in [-0.25, -0.2) is 4.79 Å². The van der Waals surface area contributed by atoms with Gasteiger partial charge in [0, 0.05) is 35.7 Å². The fourth-order valence-corrected chi connectivity index (χ4v) is 10.0. The van der Waals surface area contributed by atoms with Gasteiger partial charge in [0.2, 0.25) is 0 Å². The number of epoxide rings is 1. The lowest BCUT2D eigenvalue weighted by atomic mass is 9.37. The SMILES string of the molecule is CC(=O)O[C@H](CC(=O)O)[C@]1(C)[C@H]2CC[C@@](C)([C@@H](O[C@@H]3O[C@H](CO)[C@@H](O)[C@H](O)[C@H]3O)c3ccoc3)[C@]3(O[C@H]3C(=O)O)[C@]2(C)C(=O)C[C@H]1C(C)(C)O. The molecule has 50 heavy (non-hydrogen) atoms. The summed E-state index contributed by atoms with van der Waals surface area (Å²) in [6.07, 6.45) is -10.7. The molecule has 16 heteroatoms. The molecule has 0 amide bonds. The zero-order chi connectivity index (χ0) is 37.4. The fourth-order valence-electron chi connectivity index (χ4n) is 10.0. The number of carboxylic acids is 2. The van der Waals surface area contributed by atoms with Crippen LogP contribution in [0, 0.1) is 28.1 Å². The van der Waals surface area contributed by atoms with Crippen LogP contribution in [0.25, 0.3) is 0 Å². The third-order valence-corrected chi connectivity index (χ3v) is 12.3. The number of ether oxygens (including phenoxy) is 4. The maximum atomic E-state index is 14.8. The highest BCUT2D eigenvalue weighted by Crippen LogP contribution is 2.77. The lowest BCUT2D eigenvalue weighted by Crippen LogP contribution is -2.72. The van der Waals surface area contributed by atoms with Crippen molar-refractivity contribution >= 4 is 23.7 Å². The number of ketones is 1. The molecule has 3 heterocycles. The molecule has 4 aliphatic rings. The van der Waals surface area contributed by atoms with Crippen LogP contribution in [0.5, 0.6) is 0 Å². The smallest absolute Gasteiger partial charge is 0.335 e. The number of carboxylic acid groups (broad SMARTS) is 2. The predicted octanol–water partition coefficient (Wildman–Crippen LogP) is 0.555. The number of carbonyl (C=O) groups is 4. The molecule has 0 bridgehead atoms. The van der Waals surface area contributed by atoms with Gasteiger partial charge in [-0.3, -0.25) is 14.4 Å². The summed E-state index contributed by atoms with van der Waals surface area (Å²) in [6.45, 7) is 8.24. The van der Waals surface area contributed by atoms with Gasteiger partial charge in [-0.2, -0.15) is 0 Å². The minimum atomic E-state index is -1.88. The van der Waals surface area contributed by atoms with E-state index in [2.05, 4.69) is 0 Å². The molecule has 0 radical (unpaired) electrons. The number of Topliss-reactive ketones (excluding diaryl/α,β-unsaturated/α-hetero) is 1. The topological polar surface area (TPSA) is 263 Å². The normalized spacial score (nSPS) is 42.7. The third kappa shape index (κ3) is 5.59. The lowest BCUT2D eigenvalue weighted by molar-refractivity contribution is -0.329. The van der Waals surface area contributed by atoms with Gasteiger partial charge in [0.15, 0.2) is 12.4 Å². The molecule has 2 aliphatic carbocycles. The molecular weight excluding hydrogens is 664 g/mol. The Morgan fingerprint density at radius 1 is 1.08 bits per heavy atom. The minimum absolute atomic E-state index is 0.0472. The summed E-state index contributed by atoms with van der Waals surface area (Å²) in [4.78, 5) is 52.3. The standard InChI is InChI=1S/C34H48O16/c1-15(36)47-21(12-22(38)39)32(5)18-7-9-31(4,34(27(50-34)28(43)44)33(18,6)20(37)11-19(32)30(2,3)45)26(16-8-10-46-14-16)49-29-25(42)24(41)23(40)17(13-35)48-29/h8,10,14,17-19,21,23-27,29,35,40-42,45H,7,9,11-13H2,1-6H3,(H,38,39)(H,43,44)/t17-,18-,19+,21-,23-,24+,25-,26+,27+,29+,31+,32-,33+,34+/m1/s1. The molecule has 14 atom stereocenters. The average Bonchev–Trinajstić information content (AvgIpc) is 3.58. The summed E-state index contributed by atoms with van der Waals surface area (Å²) in [5, 5.41) is 73.6. The van der Waals surface area contributed by atoms with Gasteiger partial charge in [0.05, 0.1) is 42.7 Å². The predicted molar refractivity (Wildman–Crippen MR) is 166 cm³/mol. The zero-order valence-electron chi connectivity index (χ0n) is 28.8. The molecule has 2 saturated carbocycles. The Bertz CT molecular complexity index is 1450. The number of aliphatic hydroxyl groups excluding tert-OH is 4. The van der Waals surface area contributed by atoms with Crippen LogP contribution < -0.4 is 0 Å². The number of rotatable bonds is 11. The third-order valence-electron chi connectivity index (χ3n) is 12.3. The molecule has 5 rings (SSSR count). The van der Waals surface area contributed by atoms with E-state index < -0.39 is 125 Å². The maximum absolute atomic E-state index is 14.8. The Balaban J connectivity index is 1.70. The first-order valence-corrected chi connectivity index (χ1v) is 16.7. The van der Waals surface area contributed by atoms with E-state index >= 15 is 0 Å². The molecule has 0 unspecified atom stereocenters. The summed E-state index contributed by atoms with van der Waals surface area (Å²) < 4.78 is 29.4. The van der Waals surface area contributed by atoms with Crippen LogP contribution in [-0.4, -0.2) is 120 Å². The van der Waals surface area contributed by atoms with Crippen molar-refractivity contribution in [2.45, 2.75) is 127 Å². The molecule has 1 aromatic heterocycles. The van der Waals surface area contributed by atoms with Gasteiger partial charge in [0.1, 0.15) is 41.9 Å². The Morgan fingerprint density at radius 2 is 1.74 bits per heavy atom. The Labute approximate surface area is 288 Å². The van der Waals surface area contributed by atoms with E-state index in [1.807, 2.05) is 0 Å². The summed E-state index contributed by atoms with van der Waals surface area (Å²) in [6, 6.07) is 1.53. The van der Waals surface area contributed by atoms with Gasteiger partial charge in [0.25, 0.3) is 0 Å². The first-order valence-electron chi connectivity index (χ1n) is 16.7. The van der Waals surface area contributed by atoms with Crippen LogP contribution in [0.15, 0.2) is 23.0 Å². The minimum Gasteiger partial charge on any atom is -0.481 e. The molecular formula is C34H48O16. The van der Waals surface area contributed by atoms with Gasteiger partial charge in [-0.1, -0.05) is 13.8 Å². The number of esters is 1. The van der Waals surface area contributed by atoms with E-state index in [9.17, 15) is 54.9 Å².